The highest BCUT2D eigenvalue weighted by atomic mass is 35.5. The lowest BCUT2D eigenvalue weighted by atomic mass is 10.1. The van der Waals surface area contributed by atoms with Gasteiger partial charge in [-0.3, -0.25) is 10.1 Å². The van der Waals surface area contributed by atoms with Crippen LogP contribution in [0, 0.1) is 6.92 Å². The van der Waals surface area contributed by atoms with Crippen LogP contribution in [0.1, 0.15) is 26.5 Å². The molecule has 1 aromatic heterocycles. The molecule has 1 amide bonds. The summed E-state index contributed by atoms with van der Waals surface area (Å²) in [5.41, 5.74) is 2.59. The van der Waals surface area contributed by atoms with E-state index in [-0.39, 0.29) is 5.91 Å². The van der Waals surface area contributed by atoms with E-state index in [1.165, 1.54) is 16.2 Å². The number of thiazole rings is 1. The van der Waals surface area contributed by atoms with Gasteiger partial charge in [0.2, 0.25) is 0 Å². The number of anilines is 1. The molecule has 2 aromatic rings. The molecule has 2 heterocycles. The molecule has 0 saturated heterocycles. The van der Waals surface area contributed by atoms with E-state index in [4.69, 9.17) is 11.6 Å². The van der Waals surface area contributed by atoms with Gasteiger partial charge in [0.25, 0.3) is 5.91 Å². The van der Waals surface area contributed by atoms with E-state index in [0.29, 0.717) is 15.7 Å². The summed E-state index contributed by atoms with van der Waals surface area (Å²) in [6, 6.07) is 5.29. The monoisotopic (exact) mass is 307 g/mol. The zero-order valence-electron chi connectivity index (χ0n) is 11.0. The quantitative estimate of drug-likeness (QED) is 0.897. The Hall–Kier alpha value is -1.43. The van der Waals surface area contributed by atoms with Crippen molar-refractivity contribution < 1.29 is 4.79 Å². The van der Waals surface area contributed by atoms with Gasteiger partial charge in [-0.2, -0.15) is 0 Å². The molecule has 104 valence electrons. The zero-order chi connectivity index (χ0) is 14.1. The predicted molar refractivity (Wildman–Crippen MR) is 81.7 cm³/mol. The summed E-state index contributed by atoms with van der Waals surface area (Å²) < 4.78 is 0. The van der Waals surface area contributed by atoms with Gasteiger partial charge >= 0.3 is 0 Å². The average Bonchev–Trinajstić information content (AvgIpc) is 2.83. The van der Waals surface area contributed by atoms with Crippen LogP contribution in [0.3, 0.4) is 0 Å². The predicted octanol–water partition coefficient (Wildman–Crippen LogP) is 3.00. The first kappa shape index (κ1) is 13.5. The molecular weight excluding hydrogens is 294 g/mol. The molecule has 1 aliphatic heterocycles. The molecule has 2 N–H and O–H groups in total. The van der Waals surface area contributed by atoms with Gasteiger partial charge in [0.05, 0.1) is 5.69 Å². The summed E-state index contributed by atoms with van der Waals surface area (Å²) in [5.74, 6) is -0.175. The molecule has 0 spiro atoms. The summed E-state index contributed by atoms with van der Waals surface area (Å²) in [4.78, 5) is 17.8. The highest BCUT2D eigenvalue weighted by Gasteiger charge is 2.16. The lowest BCUT2D eigenvalue weighted by molar-refractivity contribution is 0.102. The summed E-state index contributed by atoms with van der Waals surface area (Å²) in [6.45, 7) is 3.68. The van der Waals surface area contributed by atoms with Crippen molar-refractivity contribution in [1.29, 1.82) is 0 Å². The van der Waals surface area contributed by atoms with Crippen molar-refractivity contribution in [1.82, 2.24) is 10.3 Å². The lowest BCUT2D eigenvalue weighted by Gasteiger charge is -2.09. The number of hydrogen-bond acceptors (Lipinski definition) is 4. The molecule has 0 unspecified atom stereocenters. The van der Waals surface area contributed by atoms with Gasteiger partial charge in [-0.15, -0.1) is 11.3 Å². The SMILES string of the molecule is Cc1ccc(C(=O)Nc2nc3c(s2)CNCC3)cc1Cl. The first-order chi connectivity index (χ1) is 9.63. The molecule has 3 rings (SSSR count). The molecule has 20 heavy (non-hydrogen) atoms. The van der Waals surface area contributed by atoms with Gasteiger partial charge in [0.15, 0.2) is 5.13 Å². The number of carbonyl (C=O) groups excluding carboxylic acids is 1. The number of carbonyl (C=O) groups is 1. The molecule has 0 aliphatic carbocycles. The second kappa shape index (κ2) is 5.52. The van der Waals surface area contributed by atoms with E-state index in [0.717, 1.165) is 30.8 Å². The Kier molecular flexibility index (Phi) is 3.74. The van der Waals surface area contributed by atoms with Gasteiger partial charge in [-0.1, -0.05) is 17.7 Å². The van der Waals surface area contributed by atoms with Gasteiger partial charge in [-0.25, -0.2) is 4.98 Å². The van der Waals surface area contributed by atoms with E-state index in [1.807, 2.05) is 13.0 Å². The Bertz CT molecular complexity index is 645. The maximum atomic E-state index is 12.2. The van der Waals surface area contributed by atoms with E-state index >= 15 is 0 Å². The van der Waals surface area contributed by atoms with Crippen LogP contribution in [0.4, 0.5) is 5.13 Å². The number of halogens is 1. The zero-order valence-corrected chi connectivity index (χ0v) is 12.6. The Balaban J connectivity index is 1.78. The number of aromatic nitrogens is 1. The number of amides is 1. The largest absolute Gasteiger partial charge is 0.311 e. The Morgan fingerprint density at radius 2 is 2.35 bits per heavy atom. The molecule has 4 nitrogen and oxygen atoms in total. The van der Waals surface area contributed by atoms with E-state index in [2.05, 4.69) is 15.6 Å². The van der Waals surface area contributed by atoms with Gasteiger partial charge < -0.3 is 5.32 Å². The van der Waals surface area contributed by atoms with E-state index < -0.39 is 0 Å². The molecular formula is C14H14ClN3OS. The summed E-state index contributed by atoms with van der Waals surface area (Å²) in [6.07, 6.45) is 0.915. The second-order valence-electron chi connectivity index (χ2n) is 4.73. The number of benzene rings is 1. The number of nitrogens with zero attached hydrogens (tertiary/aromatic N) is 1. The van der Waals surface area contributed by atoms with Crippen molar-refractivity contribution in [2.45, 2.75) is 19.9 Å². The third-order valence-electron chi connectivity index (χ3n) is 3.26. The van der Waals surface area contributed by atoms with Crippen molar-refractivity contribution in [3.63, 3.8) is 0 Å². The number of hydrogen-bond donors (Lipinski definition) is 2. The van der Waals surface area contributed by atoms with Crippen LogP contribution in [-0.4, -0.2) is 17.4 Å². The standard InChI is InChI=1S/C14H14ClN3OS/c1-8-2-3-9(6-10(8)15)13(19)18-14-17-11-4-5-16-7-12(11)20-14/h2-3,6,16H,4-5,7H2,1H3,(H,17,18,19). The minimum absolute atomic E-state index is 0.175. The Morgan fingerprint density at radius 3 is 3.10 bits per heavy atom. The lowest BCUT2D eigenvalue weighted by Crippen LogP contribution is -2.22. The minimum atomic E-state index is -0.175. The number of fused-ring (bicyclic) bond motifs is 1. The smallest absolute Gasteiger partial charge is 0.257 e. The molecule has 0 radical (unpaired) electrons. The summed E-state index contributed by atoms with van der Waals surface area (Å²) >= 11 is 7.57. The van der Waals surface area contributed by atoms with E-state index in [1.54, 1.807) is 12.1 Å². The van der Waals surface area contributed by atoms with E-state index in [9.17, 15) is 4.79 Å². The van der Waals surface area contributed by atoms with Crippen molar-refractivity contribution in [2.24, 2.45) is 0 Å². The van der Waals surface area contributed by atoms with Crippen LogP contribution in [0.2, 0.25) is 5.02 Å². The first-order valence-corrected chi connectivity index (χ1v) is 7.60. The maximum Gasteiger partial charge on any atom is 0.257 e. The fraction of sp³-hybridized carbons (Fsp3) is 0.286. The number of rotatable bonds is 2. The normalized spacial score (nSPS) is 13.9. The van der Waals surface area contributed by atoms with Crippen molar-refractivity contribution in [2.75, 3.05) is 11.9 Å². The summed E-state index contributed by atoms with van der Waals surface area (Å²) in [7, 11) is 0. The highest BCUT2D eigenvalue weighted by Crippen LogP contribution is 2.26. The minimum Gasteiger partial charge on any atom is -0.311 e. The van der Waals surface area contributed by atoms with Crippen LogP contribution < -0.4 is 10.6 Å². The summed E-state index contributed by atoms with van der Waals surface area (Å²) in [5, 5.41) is 7.39. The van der Waals surface area contributed by atoms with Crippen LogP contribution >= 0.6 is 22.9 Å². The molecule has 1 aromatic carbocycles. The fourth-order valence-electron chi connectivity index (χ4n) is 2.08. The van der Waals surface area contributed by atoms with Crippen LogP contribution in [0.15, 0.2) is 18.2 Å². The van der Waals surface area contributed by atoms with Crippen molar-refractivity contribution >= 4 is 34.0 Å². The maximum absolute atomic E-state index is 12.2. The first-order valence-electron chi connectivity index (χ1n) is 6.40. The third-order valence-corrected chi connectivity index (χ3v) is 4.68. The molecule has 6 heteroatoms. The van der Waals surface area contributed by atoms with Gasteiger partial charge in [0.1, 0.15) is 0 Å². The van der Waals surface area contributed by atoms with Crippen LogP contribution in [0.5, 0.6) is 0 Å². The highest BCUT2D eigenvalue weighted by molar-refractivity contribution is 7.15. The van der Waals surface area contributed by atoms with Crippen LogP contribution in [0.25, 0.3) is 0 Å². The second-order valence-corrected chi connectivity index (χ2v) is 6.22. The number of aryl methyl sites for hydroxylation is 1. The van der Waals surface area contributed by atoms with Crippen LogP contribution in [-0.2, 0) is 13.0 Å². The van der Waals surface area contributed by atoms with Gasteiger partial charge in [-0.05, 0) is 24.6 Å². The topological polar surface area (TPSA) is 54.0 Å². The molecule has 0 atom stereocenters. The molecule has 0 bridgehead atoms. The number of nitrogens with one attached hydrogen (secondary N) is 2. The van der Waals surface area contributed by atoms with Crippen molar-refractivity contribution in [3.05, 3.63) is 44.9 Å². The van der Waals surface area contributed by atoms with Crippen molar-refractivity contribution in [3.8, 4) is 0 Å². The Morgan fingerprint density at radius 1 is 1.50 bits per heavy atom. The average molecular weight is 308 g/mol. The Labute approximate surface area is 126 Å². The molecule has 0 saturated carbocycles. The van der Waals surface area contributed by atoms with Gasteiger partial charge in [0, 0.05) is 35.0 Å². The third kappa shape index (κ3) is 2.70. The molecule has 0 fully saturated rings. The molecule has 1 aliphatic rings. The fourth-order valence-corrected chi connectivity index (χ4v) is 3.24.